The summed E-state index contributed by atoms with van der Waals surface area (Å²) in [5.41, 5.74) is 4.35. The van der Waals surface area contributed by atoms with E-state index in [1.54, 1.807) is 0 Å². The molecule has 3 fully saturated rings. The van der Waals surface area contributed by atoms with Crippen molar-refractivity contribution in [2.24, 2.45) is 11.8 Å². The Bertz CT molecular complexity index is 712. The van der Waals surface area contributed by atoms with Crippen molar-refractivity contribution < 1.29 is 9.84 Å². The van der Waals surface area contributed by atoms with Crippen LogP contribution in [0.2, 0.25) is 0 Å². The molecule has 0 amide bonds. The van der Waals surface area contributed by atoms with Crippen molar-refractivity contribution in [2.75, 3.05) is 13.1 Å². The van der Waals surface area contributed by atoms with Gasteiger partial charge in [0.05, 0.1) is 6.10 Å². The van der Waals surface area contributed by atoms with E-state index in [0.29, 0.717) is 12.0 Å². The molecule has 1 aromatic carbocycles. The molecule has 1 aromatic rings. The number of aliphatic hydroxyl groups is 1. The van der Waals surface area contributed by atoms with E-state index in [1.165, 1.54) is 61.9 Å². The summed E-state index contributed by atoms with van der Waals surface area (Å²) in [6.07, 6.45) is 7.01. The van der Waals surface area contributed by atoms with Crippen molar-refractivity contribution in [1.29, 1.82) is 0 Å². The summed E-state index contributed by atoms with van der Waals surface area (Å²) in [6, 6.07) is 5.25. The van der Waals surface area contributed by atoms with Crippen molar-refractivity contribution in [3.8, 4) is 5.75 Å². The summed E-state index contributed by atoms with van der Waals surface area (Å²) >= 11 is 0. The number of hydrogen-bond acceptors (Lipinski definition) is 3. The number of rotatable bonds is 2. The lowest BCUT2D eigenvalue weighted by atomic mass is 9.51. The number of ether oxygens (including phenoxy) is 1. The second kappa shape index (κ2) is 4.56. The Balaban J connectivity index is 1.52. The molecule has 2 saturated carbocycles. The van der Waals surface area contributed by atoms with Gasteiger partial charge in [0.15, 0.2) is 0 Å². The fourth-order valence-electron chi connectivity index (χ4n) is 6.60. The van der Waals surface area contributed by atoms with Crippen molar-refractivity contribution >= 4 is 0 Å². The van der Waals surface area contributed by atoms with Crippen LogP contribution in [-0.4, -0.2) is 41.3 Å². The topological polar surface area (TPSA) is 32.7 Å². The normalized spacial score (nSPS) is 42.6. The zero-order valence-corrected chi connectivity index (χ0v) is 14.5. The van der Waals surface area contributed by atoms with Gasteiger partial charge in [0.25, 0.3) is 0 Å². The zero-order valence-electron chi connectivity index (χ0n) is 14.5. The maximum Gasteiger partial charge on any atom is 0.135 e. The van der Waals surface area contributed by atoms with E-state index in [1.807, 2.05) is 0 Å². The van der Waals surface area contributed by atoms with Crippen molar-refractivity contribution in [3.63, 3.8) is 0 Å². The Morgan fingerprint density at radius 1 is 1.25 bits per heavy atom. The number of benzene rings is 1. The zero-order chi connectivity index (χ0) is 16.1. The van der Waals surface area contributed by atoms with E-state index in [-0.39, 0.29) is 17.6 Å². The van der Waals surface area contributed by atoms with Gasteiger partial charge in [0.1, 0.15) is 11.9 Å². The highest BCUT2D eigenvalue weighted by molar-refractivity contribution is 5.58. The average Bonchev–Trinajstić information content (AvgIpc) is 3.32. The van der Waals surface area contributed by atoms with Crippen LogP contribution in [-0.2, 0) is 11.8 Å². The van der Waals surface area contributed by atoms with Crippen LogP contribution in [0.4, 0.5) is 0 Å². The second-order valence-electron chi connectivity index (χ2n) is 9.04. The number of likely N-dealkylation sites (tertiary alicyclic amines) is 1. The molecule has 5 aliphatic rings. The van der Waals surface area contributed by atoms with Gasteiger partial charge >= 0.3 is 0 Å². The van der Waals surface area contributed by atoms with Gasteiger partial charge in [-0.15, -0.1) is 0 Å². The summed E-state index contributed by atoms with van der Waals surface area (Å²) in [5, 5.41) is 10.8. The minimum atomic E-state index is -0.297. The summed E-state index contributed by atoms with van der Waals surface area (Å²) in [5.74, 6) is 2.75. The van der Waals surface area contributed by atoms with Crippen LogP contribution >= 0.6 is 0 Å². The van der Waals surface area contributed by atoms with Crippen molar-refractivity contribution in [3.05, 3.63) is 28.8 Å². The van der Waals surface area contributed by atoms with E-state index in [4.69, 9.17) is 4.74 Å². The Labute approximate surface area is 144 Å². The van der Waals surface area contributed by atoms with Gasteiger partial charge in [-0.3, -0.25) is 4.90 Å². The van der Waals surface area contributed by atoms with E-state index < -0.39 is 0 Å². The third-order valence-corrected chi connectivity index (χ3v) is 7.81. The lowest BCUT2D eigenvalue weighted by molar-refractivity contribution is -0.104. The molecule has 2 aliphatic heterocycles. The lowest BCUT2D eigenvalue weighted by Gasteiger charge is -2.59. The van der Waals surface area contributed by atoms with Gasteiger partial charge in [-0.1, -0.05) is 12.1 Å². The molecule has 0 unspecified atom stereocenters. The number of hydrogen-bond donors (Lipinski definition) is 1. The monoisotopic (exact) mass is 325 g/mol. The van der Waals surface area contributed by atoms with Gasteiger partial charge in [-0.05, 0) is 75.0 Å². The molecule has 0 aromatic heterocycles. The first-order valence-corrected chi connectivity index (χ1v) is 9.90. The molecular formula is C21H27NO2. The van der Waals surface area contributed by atoms with Crippen LogP contribution < -0.4 is 4.74 Å². The van der Waals surface area contributed by atoms with Crippen LogP contribution in [0.25, 0.3) is 0 Å². The largest absolute Gasteiger partial charge is 0.486 e. The fourth-order valence-corrected chi connectivity index (χ4v) is 6.60. The van der Waals surface area contributed by atoms with Gasteiger partial charge in [-0.2, -0.15) is 0 Å². The Kier molecular flexibility index (Phi) is 2.69. The first-order valence-electron chi connectivity index (χ1n) is 9.90. The lowest BCUT2D eigenvalue weighted by Crippen LogP contribution is -2.67. The molecule has 5 atom stereocenters. The molecule has 2 bridgehead atoms. The predicted molar refractivity (Wildman–Crippen MR) is 92.4 cm³/mol. The van der Waals surface area contributed by atoms with E-state index >= 15 is 0 Å². The molecule has 0 radical (unpaired) electrons. The molecule has 3 heteroatoms. The Morgan fingerprint density at radius 2 is 2.12 bits per heavy atom. The van der Waals surface area contributed by atoms with Gasteiger partial charge in [0.2, 0.25) is 0 Å². The van der Waals surface area contributed by atoms with E-state index in [2.05, 4.69) is 24.0 Å². The fraction of sp³-hybridized carbons (Fsp3) is 0.714. The highest BCUT2D eigenvalue weighted by atomic mass is 16.5. The number of aliphatic hydroxyl groups excluding tert-OH is 1. The third kappa shape index (κ3) is 1.61. The van der Waals surface area contributed by atoms with Crippen molar-refractivity contribution in [1.82, 2.24) is 4.90 Å². The van der Waals surface area contributed by atoms with Crippen LogP contribution in [0.5, 0.6) is 5.75 Å². The molecule has 2 heterocycles. The molecule has 24 heavy (non-hydrogen) atoms. The molecule has 1 saturated heterocycles. The van der Waals surface area contributed by atoms with Crippen LogP contribution in [0.3, 0.4) is 0 Å². The number of aryl methyl sites for hydroxylation is 1. The molecule has 1 spiro atoms. The van der Waals surface area contributed by atoms with Crippen molar-refractivity contribution in [2.45, 2.75) is 69.1 Å². The number of piperidine rings is 1. The molecular weight excluding hydrogens is 298 g/mol. The Hall–Kier alpha value is -1.06. The van der Waals surface area contributed by atoms with Crippen LogP contribution in [0.15, 0.2) is 12.1 Å². The van der Waals surface area contributed by atoms with Gasteiger partial charge in [0, 0.05) is 23.6 Å². The van der Waals surface area contributed by atoms with Crippen LogP contribution in [0, 0.1) is 18.8 Å². The first kappa shape index (κ1) is 14.1. The predicted octanol–water partition coefficient (Wildman–Crippen LogP) is 2.81. The van der Waals surface area contributed by atoms with Gasteiger partial charge in [-0.25, -0.2) is 0 Å². The molecule has 6 rings (SSSR count). The quantitative estimate of drug-likeness (QED) is 0.907. The van der Waals surface area contributed by atoms with E-state index in [0.717, 1.165) is 18.1 Å². The second-order valence-corrected chi connectivity index (χ2v) is 9.04. The summed E-state index contributed by atoms with van der Waals surface area (Å²) < 4.78 is 6.48. The summed E-state index contributed by atoms with van der Waals surface area (Å²) in [6.45, 7) is 4.66. The molecule has 128 valence electrons. The highest BCUT2D eigenvalue weighted by Gasteiger charge is 2.65. The summed E-state index contributed by atoms with van der Waals surface area (Å²) in [7, 11) is 0. The maximum atomic E-state index is 10.8. The van der Waals surface area contributed by atoms with Crippen LogP contribution in [0.1, 0.15) is 48.8 Å². The SMILES string of the molecule is Cc1ccc2c3c1O[C@@H]1[C@@H](O)CC[C@@H]4[C@H](C2)N(CC2CC2)CC[C@]341. The Morgan fingerprint density at radius 3 is 2.96 bits per heavy atom. The molecule has 3 aliphatic carbocycles. The smallest absolute Gasteiger partial charge is 0.135 e. The molecule has 1 N–H and O–H groups in total. The first-order chi connectivity index (χ1) is 11.7. The average molecular weight is 325 g/mol. The van der Waals surface area contributed by atoms with E-state index in [9.17, 15) is 5.11 Å². The summed E-state index contributed by atoms with van der Waals surface area (Å²) in [4.78, 5) is 2.81. The molecule has 3 nitrogen and oxygen atoms in total. The third-order valence-electron chi connectivity index (χ3n) is 7.81. The maximum absolute atomic E-state index is 10.8. The highest BCUT2D eigenvalue weighted by Crippen LogP contribution is 2.62. The standard InChI is InChI=1S/C21H27NO2/c1-12-2-5-14-10-16-15-6-7-17(23)20-21(15,18(14)19(12)24-20)8-9-22(16)11-13-3-4-13/h2,5,13,15-17,20,23H,3-4,6-11H2,1H3/t15-,16+,17+,20-,21-/m1/s1. The number of nitrogens with zero attached hydrogens (tertiary/aromatic N) is 1. The van der Waals surface area contributed by atoms with Gasteiger partial charge < -0.3 is 9.84 Å². The minimum absolute atomic E-state index is 0.00280. The minimum Gasteiger partial charge on any atom is -0.486 e.